The van der Waals surface area contributed by atoms with Gasteiger partial charge in [0, 0.05) is 7.05 Å². The van der Waals surface area contributed by atoms with Crippen LogP contribution < -0.4 is 10.1 Å². The van der Waals surface area contributed by atoms with Crippen molar-refractivity contribution in [3.05, 3.63) is 28.3 Å². The summed E-state index contributed by atoms with van der Waals surface area (Å²) in [7, 11) is 1.50. The van der Waals surface area contributed by atoms with Gasteiger partial charge in [0.15, 0.2) is 5.75 Å². The van der Waals surface area contributed by atoms with Crippen LogP contribution >= 0.6 is 11.6 Å². The summed E-state index contributed by atoms with van der Waals surface area (Å²) in [5.74, 6) is 0.383. The second-order valence-corrected chi connectivity index (χ2v) is 3.41. The van der Waals surface area contributed by atoms with E-state index >= 15 is 0 Å². The van der Waals surface area contributed by atoms with Gasteiger partial charge in [-0.1, -0.05) is 11.6 Å². The zero-order chi connectivity index (χ0) is 10.7. The van der Waals surface area contributed by atoms with E-state index in [4.69, 9.17) is 16.3 Å². The number of halogens is 1. The fourth-order valence-corrected chi connectivity index (χ4v) is 1.24. The van der Waals surface area contributed by atoms with E-state index in [1.165, 1.54) is 7.05 Å². The molecule has 0 aliphatic rings. The van der Waals surface area contributed by atoms with Crippen LogP contribution in [0, 0.1) is 13.8 Å². The van der Waals surface area contributed by atoms with E-state index in [2.05, 4.69) is 5.32 Å². The molecule has 0 spiro atoms. The zero-order valence-corrected chi connectivity index (χ0v) is 9.11. The number of amides is 1. The van der Waals surface area contributed by atoms with Crippen molar-refractivity contribution >= 4 is 17.7 Å². The first kappa shape index (κ1) is 10.9. The van der Waals surface area contributed by atoms with Gasteiger partial charge in [0.2, 0.25) is 0 Å². The highest BCUT2D eigenvalue weighted by Gasteiger charge is 2.07. The Hall–Kier alpha value is -1.22. The van der Waals surface area contributed by atoms with E-state index in [0.717, 1.165) is 11.1 Å². The molecule has 1 aromatic rings. The molecular formula is C10H12ClNO2. The fourth-order valence-electron chi connectivity index (χ4n) is 0.984. The molecular weight excluding hydrogens is 202 g/mol. The first-order chi connectivity index (χ1) is 6.54. The Morgan fingerprint density at radius 2 is 1.93 bits per heavy atom. The van der Waals surface area contributed by atoms with E-state index in [0.29, 0.717) is 10.8 Å². The van der Waals surface area contributed by atoms with Gasteiger partial charge in [-0.05, 0) is 37.1 Å². The molecule has 0 radical (unpaired) electrons. The van der Waals surface area contributed by atoms with Crippen molar-refractivity contribution in [3.8, 4) is 5.75 Å². The van der Waals surface area contributed by atoms with E-state index < -0.39 is 6.09 Å². The molecule has 0 aliphatic carbocycles. The molecule has 0 fully saturated rings. The molecule has 1 N–H and O–H groups in total. The van der Waals surface area contributed by atoms with Crippen molar-refractivity contribution in [2.75, 3.05) is 7.05 Å². The molecule has 0 saturated heterocycles. The summed E-state index contributed by atoms with van der Waals surface area (Å²) in [5.41, 5.74) is 2.10. The number of hydrogen-bond acceptors (Lipinski definition) is 2. The number of carbonyl (C=O) groups is 1. The lowest BCUT2D eigenvalue weighted by atomic mass is 10.1. The highest BCUT2D eigenvalue weighted by molar-refractivity contribution is 6.32. The zero-order valence-electron chi connectivity index (χ0n) is 8.35. The minimum Gasteiger partial charge on any atom is -0.409 e. The maximum absolute atomic E-state index is 10.9. The molecule has 0 atom stereocenters. The molecule has 3 nitrogen and oxygen atoms in total. The summed E-state index contributed by atoms with van der Waals surface area (Å²) >= 11 is 5.90. The summed E-state index contributed by atoms with van der Waals surface area (Å²) < 4.78 is 4.95. The topological polar surface area (TPSA) is 38.3 Å². The summed E-state index contributed by atoms with van der Waals surface area (Å²) in [4.78, 5) is 10.9. The molecule has 4 heteroatoms. The van der Waals surface area contributed by atoms with E-state index in [1.807, 2.05) is 13.8 Å². The lowest BCUT2D eigenvalue weighted by molar-refractivity contribution is 0.203. The van der Waals surface area contributed by atoms with Crippen LogP contribution in [0.25, 0.3) is 0 Å². The number of ether oxygens (including phenoxy) is 1. The Morgan fingerprint density at radius 3 is 2.50 bits per heavy atom. The quantitative estimate of drug-likeness (QED) is 0.779. The number of nitrogens with one attached hydrogen (secondary N) is 1. The maximum Gasteiger partial charge on any atom is 0.412 e. The van der Waals surface area contributed by atoms with Crippen molar-refractivity contribution in [2.45, 2.75) is 13.8 Å². The van der Waals surface area contributed by atoms with Crippen LogP contribution in [0.2, 0.25) is 5.02 Å². The van der Waals surface area contributed by atoms with Crippen LogP contribution in [0.5, 0.6) is 5.75 Å². The van der Waals surface area contributed by atoms with Crippen LogP contribution in [0.3, 0.4) is 0 Å². The van der Waals surface area contributed by atoms with Gasteiger partial charge in [-0.2, -0.15) is 0 Å². The van der Waals surface area contributed by atoms with Gasteiger partial charge in [0.05, 0.1) is 5.02 Å². The molecule has 1 rings (SSSR count). The fraction of sp³-hybridized carbons (Fsp3) is 0.300. The van der Waals surface area contributed by atoms with E-state index in [9.17, 15) is 4.79 Å². The normalized spacial score (nSPS) is 9.71. The number of aryl methyl sites for hydroxylation is 2. The molecule has 0 aromatic heterocycles. The van der Waals surface area contributed by atoms with Crippen molar-refractivity contribution in [3.63, 3.8) is 0 Å². The first-order valence-electron chi connectivity index (χ1n) is 4.21. The largest absolute Gasteiger partial charge is 0.412 e. The van der Waals surface area contributed by atoms with E-state index in [1.54, 1.807) is 12.1 Å². The van der Waals surface area contributed by atoms with Crippen LogP contribution in [-0.4, -0.2) is 13.1 Å². The van der Waals surface area contributed by atoms with Gasteiger partial charge >= 0.3 is 6.09 Å². The third kappa shape index (κ3) is 2.39. The smallest absolute Gasteiger partial charge is 0.409 e. The van der Waals surface area contributed by atoms with Gasteiger partial charge in [0.25, 0.3) is 0 Å². The average Bonchev–Trinajstić information content (AvgIpc) is 2.14. The van der Waals surface area contributed by atoms with Gasteiger partial charge in [-0.15, -0.1) is 0 Å². The summed E-state index contributed by atoms with van der Waals surface area (Å²) in [5, 5.41) is 2.80. The van der Waals surface area contributed by atoms with Gasteiger partial charge in [-0.25, -0.2) is 4.79 Å². The highest BCUT2D eigenvalue weighted by atomic mass is 35.5. The standard InChI is InChI=1S/C10H12ClNO2/c1-6-4-8(11)9(5-7(6)2)14-10(13)12-3/h4-5H,1-3H3,(H,12,13). The maximum atomic E-state index is 10.9. The second kappa shape index (κ2) is 4.33. The number of carbonyl (C=O) groups excluding carboxylic acids is 1. The SMILES string of the molecule is CNC(=O)Oc1cc(C)c(C)cc1Cl. The van der Waals surface area contributed by atoms with Gasteiger partial charge in [-0.3, -0.25) is 0 Å². The Morgan fingerprint density at radius 1 is 1.36 bits per heavy atom. The molecule has 1 aromatic carbocycles. The molecule has 76 valence electrons. The van der Waals surface area contributed by atoms with Gasteiger partial charge < -0.3 is 10.1 Å². The third-order valence-corrected chi connectivity index (χ3v) is 2.25. The van der Waals surface area contributed by atoms with E-state index in [-0.39, 0.29) is 0 Å². The van der Waals surface area contributed by atoms with Crippen LogP contribution in [0.4, 0.5) is 4.79 Å². The lowest BCUT2D eigenvalue weighted by Gasteiger charge is -2.08. The van der Waals surface area contributed by atoms with Crippen molar-refractivity contribution < 1.29 is 9.53 Å². The predicted octanol–water partition coefficient (Wildman–Crippen LogP) is 2.68. The third-order valence-electron chi connectivity index (χ3n) is 1.96. The van der Waals surface area contributed by atoms with Crippen molar-refractivity contribution in [2.24, 2.45) is 0 Å². The van der Waals surface area contributed by atoms with Crippen LogP contribution in [-0.2, 0) is 0 Å². The van der Waals surface area contributed by atoms with Crippen LogP contribution in [0.1, 0.15) is 11.1 Å². The molecule has 0 unspecified atom stereocenters. The van der Waals surface area contributed by atoms with Gasteiger partial charge in [0.1, 0.15) is 0 Å². The number of rotatable bonds is 1. The Kier molecular flexibility index (Phi) is 3.36. The molecule has 1 amide bonds. The minimum atomic E-state index is -0.518. The Balaban J connectivity index is 2.98. The van der Waals surface area contributed by atoms with Crippen molar-refractivity contribution in [1.82, 2.24) is 5.32 Å². The summed E-state index contributed by atoms with van der Waals surface area (Å²) in [6, 6.07) is 3.52. The monoisotopic (exact) mass is 213 g/mol. The minimum absolute atomic E-state index is 0.383. The molecule has 0 bridgehead atoms. The average molecular weight is 214 g/mol. The predicted molar refractivity (Wildman–Crippen MR) is 56.0 cm³/mol. The number of benzene rings is 1. The Bertz CT molecular complexity index is 363. The lowest BCUT2D eigenvalue weighted by Crippen LogP contribution is -2.22. The Labute approximate surface area is 88.0 Å². The molecule has 0 heterocycles. The molecule has 0 saturated carbocycles. The summed E-state index contributed by atoms with van der Waals surface area (Å²) in [6.45, 7) is 3.88. The summed E-state index contributed by atoms with van der Waals surface area (Å²) in [6.07, 6.45) is -0.518. The molecule has 14 heavy (non-hydrogen) atoms. The second-order valence-electron chi connectivity index (χ2n) is 3.01. The van der Waals surface area contributed by atoms with Crippen LogP contribution in [0.15, 0.2) is 12.1 Å². The number of hydrogen-bond donors (Lipinski definition) is 1. The highest BCUT2D eigenvalue weighted by Crippen LogP contribution is 2.27. The van der Waals surface area contributed by atoms with Crippen molar-refractivity contribution in [1.29, 1.82) is 0 Å². The molecule has 0 aliphatic heterocycles. The first-order valence-corrected chi connectivity index (χ1v) is 4.58.